The molecule has 0 saturated heterocycles. The van der Waals surface area contributed by atoms with E-state index in [4.69, 9.17) is 5.73 Å². The zero-order valence-corrected chi connectivity index (χ0v) is 10.8. The van der Waals surface area contributed by atoms with Crippen LogP contribution in [0.2, 0.25) is 0 Å². The average molecular weight is 259 g/mol. The summed E-state index contributed by atoms with van der Waals surface area (Å²) in [5.41, 5.74) is 8.54. The molecule has 0 aliphatic carbocycles. The normalized spacial score (nSPS) is 11.2. The van der Waals surface area contributed by atoms with E-state index in [0.29, 0.717) is 13.1 Å². The molecule has 0 aliphatic rings. The van der Waals surface area contributed by atoms with Gasteiger partial charge in [-0.2, -0.15) is 0 Å². The Morgan fingerprint density at radius 2 is 2.28 bits per heavy atom. The van der Waals surface area contributed by atoms with E-state index < -0.39 is 0 Å². The zero-order valence-electron chi connectivity index (χ0n) is 10.00. The summed E-state index contributed by atoms with van der Waals surface area (Å²) in [6.45, 7) is 3.31. The predicted molar refractivity (Wildman–Crippen MR) is 72.4 cm³/mol. The Balaban J connectivity index is 2.02. The summed E-state index contributed by atoms with van der Waals surface area (Å²) in [7, 11) is 0. The Morgan fingerprint density at radius 3 is 3.11 bits per heavy atom. The van der Waals surface area contributed by atoms with Crippen LogP contribution >= 0.6 is 11.3 Å². The van der Waals surface area contributed by atoms with Crippen LogP contribution in [-0.4, -0.2) is 26.5 Å². The molecule has 3 aromatic rings. The lowest BCUT2D eigenvalue weighted by Gasteiger charge is -1.92. The molecule has 3 rings (SSSR count). The lowest BCUT2D eigenvalue weighted by atomic mass is 10.2. The van der Waals surface area contributed by atoms with Gasteiger partial charge in [-0.1, -0.05) is 11.3 Å². The molecule has 0 radical (unpaired) electrons. The van der Waals surface area contributed by atoms with Crippen molar-refractivity contribution in [3.63, 3.8) is 0 Å². The molecule has 0 atom stereocenters. The second-order valence-electron chi connectivity index (χ2n) is 4.15. The highest BCUT2D eigenvalue weighted by Gasteiger charge is 2.09. The third-order valence-corrected chi connectivity index (χ3v) is 3.70. The van der Waals surface area contributed by atoms with E-state index in [9.17, 15) is 0 Å². The van der Waals surface area contributed by atoms with E-state index >= 15 is 0 Å². The van der Waals surface area contributed by atoms with Gasteiger partial charge in [-0.3, -0.25) is 4.68 Å². The molecule has 5 nitrogen and oxygen atoms in total. The summed E-state index contributed by atoms with van der Waals surface area (Å²) in [5, 5.41) is 9.05. The van der Waals surface area contributed by atoms with Gasteiger partial charge in [0.15, 0.2) is 0 Å². The maximum absolute atomic E-state index is 5.48. The Morgan fingerprint density at radius 1 is 1.39 bits per heavy atom. The van der Waals surface area contributed by atoms with Crippen LogP contribution in [-0.2, 0) is 6.54 Å². The van der Waals surface area contributed by atoms with Crippen molar-refractivity contribution < 1.29 is 0 Å². The molecule has 0 fully saturated rings. The third-order valence-electron chi connectivity index (χ3n) is 2.66. The second-order valence-corrected chi connectivity index (χ2v) is 5.18. The molecule has 18 heavy (non-hydrogen) atoms. The van der Waals surface area contributed by atoms with E-state index in [0.717, 1.165) is 16.2 Å². The highest BCUT2D eigenvalue weighted by Crippen LogP contribution is 2.29. The molecular weight excluding hydrogens is 246 g/mol. The Labute approximate surface area is 108 Å². The van der Waals surface area contributed by atoms with Crippen LogP contribution in [0.5, 0.6) is 0 Å². The quantitative estimate of drug-likeness (QED) is 0.779. The summed E-state index contributed by atoms with van der Waals surface area (Å²) < 4.78 is 2.92. The van der Waals surface area contributed by atoms with Gasteiger partial charge in [0.25, 0.3) is 0 Å². The van der Waals surface area contributed by atoms with Gasteiger partial charge in [0.05, 0.1) is 23.0 Å². The minimum absolute atomic E-state index is 0.557. The van der Waals surface area contributed by atoms with Crippen molar-refractivity contribution in [2.45, 2.75) is 13.5 Å². The van der Waals surface area contributed by atoms with Crippen molar-refractivity contribution in [3.8, 4) is 10.7 Å². The van der Waals surface area contributed by atoms with Gasteiger partial charge in [0, 0.05) is 6.54 Å². The Kier molecular flexibility index (Phi) is 2.81. The standard InChI is InChI=1S/C12H13N5S/c1-8-2-3-9-11(6-8)18-12(14-9)10-7-17(5-4-13)16-15-10/h2-3,6-7H,4-5,13H2,1H3. The van der Waals surface area contributed by atoms with Gasteiger partial charge in [-0.05, 0) is 24.6 Å². The van der Waals surface area contributed by atoms with Gasteiger partial charge < -0.3 is 5.73 Å². The summed E-state index contributed by atoms with van der Waals surface area (Å²) in [6.07, 6.45) is 1.89. The number of aryl methyl sites for hydroxylation is 1. The molecule has 2 N–H and O–H groups in total. The first kappa shape index (κ1) is 11.3. The number of nitrogens with two attached hydrogens (primary N) is 1. The second kappa shape index (κ2) is 4.47. The first-order valence-corrected chi connectivity index (χ1v) is 6.55. The fourth-order valence-electron chi connectivity index (χ4n) is 1.78. The van der Waals surface area contributed by atoms with Crippen molar-refractivity contribution in [3.05, 3.63) is 30.0 Å². The first-order valence-electron chi connectivity index (χ1n) is 5.74. The molecule has 1 aromatic carbocycles. The van der Waals surface area contributed by atoms with Crippen LogP contribution in [0.25, 0.3) is 20.9 Å². The minimum atomic E-state index is 0.557. The predicted octanol–water partition coefficient (Wildman–Crippen LogP) is 1.82. The number of nitrogens with zero attached hydrogens (tertiary/aromatic N) is 4. The number of benzene rings is 1. The molecular formula is C12H13N5S. The van der Waals surface area contributed by atoms with Crippen molar-refractivity contribution in [1.29, 1.82) is 0 Å². The van der Waals surface area contributed by atoms with Gasteiger partial charge in [-0.25, -0.2) is 4.98 Å². The maximum Gasteiger partial charge on any atom is 0.146 e. The molecule has 0 unspecified atom stereocenters. The molecule has 0 spiro atoms. The van der Waals surface area contributed by atoms with Crippen LogP contribution in [0.15, 0.2) is 24.4 Å². The van der Waals surface area contributed by atoms with Crippen LogP contribution in [0.4, 0.5) is 0 Å². The smallest absolute Gasteiger partial charge is 0.146 e. The molecule has 0 aliphatic heterocycles. The Hall–Kier alpha value is -1.79. The van der Waals surface area contributed by atoms with Crippen LogP contribution in [0, 0.1) is 6.92 Å². The number of thiazole rings is 1. The van der Waals surface area contributed by atoms with E-state index in [1.54, 1.807) is 16.0 Å². The highest BCUT2D eigenvalue weighted by atomic mass is 32.1. The van der Waals surface area contributed by atoms with Gasteiger partial charge >= 0.3 is 0 Å². The topological polar surface area (TPSA) is 69.6 Å². The van der Waals surface area contributed by atoms with E-state index in [-0.39, 0.29) is 0 Å². The molecule has 0 saturated carbocycles. The number of aromatic nitrogens is 4. The van der Waals surface area contributed by atoms with Crippen molar-refractivity contribution in [2.24, 2.45) is 5.73 Å². The largest absolute Gasteiger partial charge is 0.329 e. The van der Waals surface area contributed by atoms with Crippen molar-refractivity contribution in [1.82, 2.24) is 20.0 Å². The van der Waals surface area contributed by atoms with E-state index in [1.165, 1.54) is 10.3 Å². The highest BCUT2D eigenvalue weighted by molar-refractivity contribution is 7.21. The summed E-state index contributed by atoms with van der Waals surface area (Å²) in [5.74, 6) is 0. The van der Waals surface area contributed by atoms with Crippen LogP contribution in [0.3, 0.4) is 0 Å². The average Bonchev–Trinajstić information content (AvgIpc) is 2.94. The lowest BCUT2D eigenvalue weighted by molar-refractivity contribution is 0.598. The van der Waals surface area contributed by atoms with E-state index in [1.807, 2.05) is 12.3 Å². The zero-order chi connectivity index (χ0) is 12.5. The molecule has 2 heterocycles. The molecule has 0 amide bonds. The number of fused-ring (bicyclic) bond motifs is 1. The van der Waals surface area contributed by atoms with Gasteiger partial charge in [0.1, 0.15) is 10.7 Å². The number of rotatable bonds is 3. The Bertz CT molecular complexity index is 685. The summed E-state index contributed by atoms with van der Waals surface area (Å²) in [4.78, 5) is 4.57. The SMILES string of the molecule is Cc1ccc2nc(-c3cn(CCN)nn3)sc2c1. The van der Waals surface area contributed by atoms with Crippen molar-refractivity contribution >= 4 is 21.6 Å². The fourth-order valence-corrected chi connectivity index (χ4v) is 2.79. The van der Waals surface area contributed by atoms with Crippen molar-refractivity contribution in [2.75, 3.05) is 6.54 Å². The summed E-state index contributed by atoms with van der Waals surface area (Å²) >= 11 is 1.64. The third kappa shape index (κ3) is 2.00. The van der Waals surface area contributed by atoms with Crippen LogP contribution in [0.1, 0.15) is 5.56 Å². The minimum Gasteiger partial charge on any atom is -0.329 e. The first-order chi connectivity index (χ1) is 8.76. The van der Waals surface area contributed by atoms with E-state index in [2.05, 4.69) is 34.4 Å². The number of hydrogen-bond acceptors (Lipinski definition) is 5. The van der Waals surface area contributed by atoms with Gasteiger partial charge in [-0.15, -0.1) is 16.4 Å². The summed E-state index contributed by atoms with van der Waals surface area (Å²) in [6, 6.07) is 6.24. The van der Waals surface area contributed by atoms with Gasteiger partial charge in [0.2, 0.25) is 0 Å². The lowest BCUT2D eigenvalue weighted by Crippen LogP contribution is -2.10. The fraction of sp³-hybridized carbons (Fsp3) is 0.250. The maximum atomic E-state index is 5.48. The van der Waals surface area contributed by atoms with Crippen LogP contribution < -0.4 is 5.73 Å². The molecule has 0 bridgehead atoms. The molecule has 6 heteroatoms. The monoisotopic (exact) mass is 259 g/mol. The molecule has 92 valence electrons. The number of hydrogen-bond donors (Lipinski definition) is 1. The molecule has 2 aromatic heterocycles.